The highest BCUT2D eigenvalue weighted by atomic mass is 35.5. The quantitative estimate of drug-likeness (QED) is 0.764. The Labute approximate surface area is 124 Å². The number of hydrogen-bond acceptors (Lipinski definition) is 2. The molecule has 0 fully saturated rings. The van der Waals surface area contributed by atoms with E-state index in [-0.39, 0.29) is 5.91 Å². The summed E-state index contributed by atoms with van der Waals surface area (Å²) in [5.74, 6) is 0.697. The van der Waals surface area contributed by atoms with Crippen molar-refractivity contribution < 1.29 is 9.21 Å². The van der Waals surface area contributed by atoms with Gasteiger partial charge >= 0.3 is 0 Å². The maximum atomic E-state index is 12.1. The molecule has 2 rings (SSSR count). The molecule has 0 radical (unpaired) electrons. The molecule has 106 valence electrons. The second-order valence-corrected chi connectivity index (χ2v) is 5.35. The van der Waals surface area contributed by atoms with Gasteiger partial charge in [0.05, 0.1) is 12.8 Å². The summed E-state index contributed by atoms with van der Waals surface area (Å²) in [4.78, 5) is 13.9. The molecule has 1 amide bonds. The van der Waals surface area contributed by atoms with Crippen LogP contribution >= 0.6 is 11.6 Å². The first kappa shape index (κ1) is 14.7. The van der Waals surface area contributed by atoms with Crippen molar-refractivity contribution in [1.82, 2.24) is 4.90 Å². The van der Waals surface area contributed by atoms with Crippen molar-refractivity contribution in [3.05, 3.63) is 60.1 Å². The third-order valence-electron chi connectivity index (χ3n) is 3.09. The monoisotopic (exact) mass is 291 g/mol. The molecular weight excluding hydrogens is 274 g/mol. The van der Waals surface area contributed by atoms with Crippen molar-refractivity contribution >= 4 is 17.5 Å². The summed E-state index contributed by atoms with van der Waals surface area (Å²) in [7, 11) is 0. The molecule has 0 aliphatic carbocycles. The molecule has 0 aliphatic rings. The van der Waals surface area contributed by atoms with Crippen LogP contribution in [0, 0.1) is 0 Å². The van der Waals surface area contributed by atoms with E-state index in [1.807, 2.05) is 30.3 Å². The first-order valence-corrected chi connectivity index (χ1v) is 7.09. The highest BCUT2D eigenvalue weighted by Crippen LogP contribution is 2.11. The van der Waals surface area contributed by atoms with E-state index in [0.29, 0.717) is 13.1 Å². The van der Waals surface area contributed by atoms with Gasteiger partial charge < -0.3 is 9.32 Å². The van der Waals surface area contributed by atoms with Crippen LogP contribution in [0.5, 0.6) is 0 Å². The fourth-order valence-electron chi connectivity index (χ4n) is 2.02. The minimum absolute atomic E-state index is 0.0704. The Morgan fingerprint density at radius 1 is 1.25 bits per heavy atom. The van der Waals surface area contributed by atoms with Crippen LogP contribution in [0.15, 0.2) is 53.1 Å². The lowest BCUT2D eigenvalue weighted by molar-refractivity contribution is -0.131. The van der Waals surface area contributed by atoms with Crippen LogP contribution in [0.3, 0.4) is 0 Å². The highest BCUT2D eigenvalue weighted by molar-refractivity contribution is 6.30. The lowest BCUT2D eigenvalue weighted by Gasteiger charge is -2.23. The van der Waals surface area contributed by atoms with Crippen molar-refractivity contribution in [2.75, 3.05) is 6.54 Å². The van der Waals surface area contributed by atoms with Crippen LogP contribution in [0.2, 0.25) is 0 Å². The van der Waals surface area contributed by atoms with Gasteiger partial charge in [0.25, 0.3) is 0 Å². The molecule has 1 atom stereocenters. The van der Waals surface area contributed by atoms with Crippen LogP contribution in [0.4, 0.5) is 0 Å². The Hall–Kier alpha value is -1.74. The maximum Gasteiger partial charge on any atom is 0.240 e. The zero-order valence-electron chi connectivity index (χ0n) is 11.5. The molecule has 1 aromatic carbocycles. The zero-order valence-corrected chi connectivity index (χ0v) is 12.2. The van der Waals surface area contributed by atoms with Gasteiger partial charge in [0.15, 0.2) is 0 Å². The van der Waals surface area contributed by atoms with Gasteiger partial charge in [-0.15, -0.1) is 11.6 Å². The Kier molecular flexibility index (Phi) is 5.24. The molecular formula is C16H18ClNO2. The fraction of sp³-hybridized carbons (Fsp3) is 0.312. The molecule has 2 aromatic rings. The summed E-state index contributed by atoms with van der Waals surface area (Å²) in [5.41, 5.74) is 1.20. The normalized spacial score (nSPS) is 12.1. The molecule has 20 heavy (non-hydrogen) atoms. The van der Waals surface area contributed by atoms with Gasteiger partial charge in [-0.25, -0.2) is 0 Å². The summed E-state index contributed by atoms with van der Waals surface area (Å²) in [6.07, 6.45) is 2.41. The van der Waals surface area contributed by atoms with E-state index in [1.54, 1.807) is 18.1 Å². The number of alkyl halides is 1. The molecule has 0 saturated carbocycles. The summed E-state index contributed by atoms with van der Waals surface area (Å²) in [5, 5.41) is -0.527. The van der Waals surface area contributed by atoms with E-state index < -0.39 is 5.38 Å². The van der Waals surface area contributed by atoms with Gasteiger partial charge in [0.1, 0.15) is 11.1 Å². The van der Waals surface area contributed by atoms with E-state index in [9.17, 15) is 4.79 Å². The van der Waals surface area contributed by atoms with Crippen LogP contribution in [-0.4, -0.2) is 22.7 Å². The number of carbonyl (C=O) groups is 1. The molecule has 0 spiro atoms. The van der Waals surface area contributed by atoms with E-state index in [1.165, 1.54) is 5.56 Å². The van der Waals surface area contributed by atoms with Gasteiger partial charge in [-0.2, -0.15) is 0 Å². The second-order valence-electron chi connectivity index (χ2n) is 4.69. The molecule has 0 unspecified atom stereocenters. The predicted molar refractivity (Wildman–Crippen MR) is 79.6 cm³/mol. The molecule has 0 saturated heterocycles. The van der Waals surface area contributed by atoms with Crippen molar-refractivity contribution in [3.8, 4) is 0 Å². The lowest BCUT2D eigenvalue weighted by Crippen LogP contribution is -2.36. The molecule has 1 aromatic heterocycles. The van der Waals surface area contributed by atoms with Gasteiger partial charge in [-0.3, -0.25) is 4.79 Å². The number of carbonyl (C=O) groups excluding carboxylic acids is 1. The minimum Gasteiger partial charge on any atom is -0.467 e. The first-order chi connectivity index (χ1) is 9.66. The average molecular weight is 292 g/mol. The second kappa shape index (κ2) is 7.15. The Bertz CT molecular complexity index is 523. The van der Waals surface area contributed by atoms with Crippen LogP contribution in [0.1, 0.15) is 18.2 Å². The van der Waals surface area contributed by atoms with E-state index in [4.69, 9.17) is 16.0 Å². The predicted octanol–water partition coefficient (Wildman–Crippen LogP) is 3.48. The van der Waals surface area contributed by atoms with Gasteiger partial charge in [-0.05, 0) is 31.0 Å². The van der Waals surface area contributed by atoms with E-state index in [2.05, 4.69) is 12.1 Å². The number of rotatable bonds is 6. The molecule has 3 nitrogen and oxygen atoms in total. The van der Waals surface area contributed by atoms with Crippen molar-refractivity contribution in [2.24, 2.45) is 0 Å². The lowest BCUT2D eigenvalue weighted by atomic mass is 10.1. The summed E-state index contributed by atoms with van der Waals surface area (Å²) >= 11 is 5.92. The van der Waals surface area contributed by atoms with Gasteiger partial charge in [0, 0.05) is 6.54 Å². The molecule has 0 bridgehead atoms. The summed E-state index contributed by atoms with van der Waals surface area (Å²) in [6.45, 7) is 2.78. The Morgan fingerprint density at radius 3 is 2.60 bits per heavy atom. The number of amides is 1. The summed E-state index contributed by atoms with van der Waals surface area (Å²) < 4.78 is 5.31. The molecule has 4 heteroatoms. The van der Waals surface area contributed by atoms with Crippen LogP contribution < -0.4 is 0 Å². The number of hydrogen-bond donors (Lipinski definition) is 0. The third-order valence-corrected chi connectivity index (χ3v) is 3.28. The number of benzene rings is 1. The molecule has 1 heterocycles. The van der Waals surface area contributed by atoms with Crippen molar-refractivity contribution in [3.63, 3.8) is 0 Å². The standard InChI is InChI=1S/C16H18ClNO2/c1-13(17)16(19)18(12-15-8-5-11-20-15)10-9-14-6-3-2-4-7-14/h2-8,11,13H,9-10,12H2,1H3/t13-/m1/s1. The summed E-state index contributed by atoms with van der Waals surface area (Å²) in [6, 6.07) is 13.8. The van der Waals surface area contributed by atoms with E-state index >= 15 is 0 Å². The zero-order chi connectivity index (χ0) is 14.4. The molecule has 0 aliphatic heterocycles. The third kappa shape index (κ3) is 4.14. The van der Waals surface area contributed by atoms with E-state index in [0.717, 1.165) is 12.2 Å². The number of halogens is 1. The molecule has 0 N–H and O–H groups in total. The largest absolute Gasteiger partial charge is 0.467 e. The Morgan fingerprint density at radius 2 is 2.00 bits per heavy atom. The number of furan rings is 1. The van der Waals surface area contributed by atoms with Crippen LogP contribution in [0.25, 0.3) is 0 Å². The Balaban J connectivity index is 2.01. The minimum atomic E-state index is -0.527. The van der Waals surface area contributed by atoms with Crippen molar-refractivity contribution in [2.45, 2.75) is 25.3 Å². The van der Waals surface area contributed by atoms with Crippen LogP contribution in [-0.2, 0) is 17.8 Å². The average Bonchev–Trinajstić information content (AvgIpc) is 2.96. The topological polar surface area (TPSA) is 33.5 Å². The maximum absolute atomic E-state index is 12.1. The van der Waals surface area contributed by atoms with Crippen molar-refractivity contribution in [1.29, 1.82) is 0 Å². The smallest absolute Gasteiger partial charge is 0.240 e. The first-order valence-electron chi connectivity index (χ1n) is 6.66. The SMILES string of the molecule is C[C@@H](Cl)C(=O)N(CCc1ccccc1)Cc1ccco1. The van der Waals surface area contributed by atoms with Gasteiger partial charge in [0.2, 0.25) is 5.91 Å². The highest BCUT2D eigenvalue weighted by Gasteiger charge is 2.19. The number of nitrogens with zero attached hydrogens (tertiary/aromatic N) is 1. The van der Waals surface area contributed by atoms with Gasteiger partial charge in [-0.1, -0.05) is 30.3 Å². The fourth-order valence-corrected chi connectivity index (χ4v) is 2.16.